The zero-order chi connectivity index (χ0) is 33.5. The zero-order valence-corrected chi connectivity index (χ0v) is 27.8. The number of amides is 2. The molecule has 5 rings (SSSR count). The number of carbonyl (C=O) groups is 2. The van der Waals surface area contributed by atoms with Crippen molar-refractivity contribution in [1.82, 2.24) is 29.5 Å². The Bertz CT molecular complexity index is 1880. The van der Waals surface area contributed by atoms with Gasteiger partial charge in [-0.25, -0.2) is 4.39 Å². The van der Waals surface area contributed by atoms with Crippen LogP contribution in [0.4, 0.5) is 4.39 Å². The Hall–Kier alpha value is -4.74. The van der Waals surface area contributed by atoms with Crippen LogP contribution in [0.5, 0.6) is 0 Å². The third-order valence-corrected chi connectivity index (χ3v) is 9.05. The van der Waals surface area contributed by atoms with E-state index in [-0.39, 0.29) is 43.2 Å². The van der Waals surface area contributed by atoms with E-state index in [2.05, 4.69) is 15.2 Å². The minimum atomic E-state index is -0.413. The summed E-state index contributed by atoms with van der Waals surface area (Å²) in [7, 11) is 3.29. The number of thioether (sulfide) groups is 1. The molecule has 242 valence electrons. The number of H-pyrrole nitrogens is 1. The first-order valence-electron chi connectivity index (χ1n) is 14.9. The number of nitrogens with zero attached hydrogens (tertiary/aromatic N) is 5. The lowest BCUT2D eigenvalue weighted by Crippen LogP contribution is -2.41. The van der Waals surface area contributed by atoms with Gasteiger partial charge in [-0.15, -0.1) is 0 Å². The molecule has 9 nitrogen and oxygen atoms in total. The normalized spacial score (nSPS) is 11.7. The maximum absolute atomic E-state index is 14.0. The molecule has 2 heterocycles. The number of hydrogen-bond donors (Lipinski definition) is 1. The van der Waals surface area contributed by atoms with Crippen molar-refractivity contribution in [3.05, 3.63) is 135 Å². The van der Waals surface area contributed by atoms with E-state index in [1.807, 2.05) is 55.5 Å². The largest absolute Gasteiger partial charge is 0.347 e. The first-order valence-corrected chi connectivity index (χ1v) is 16.2. The van der Waals surface area contributed by atoms with Crippen molar-refractivity contribution in [1.29, 1.82) is 0 Å². The van der Waals surface area contributed by atoms with E-state index in [1.54, 1.807) is 49.4 Å². The minimum absolute atomic E-state index is 0.130. The lowest BCUT2D eigenvalue weighted by atomic mass is 9.98. The molecule has 5 aromatic rings. The fourth-order valence-corrected chi connectivity index (χ4v) is 5.92. The Morgan fingerprint density at radius 3 is 2.21 bits per heavy atom. The number of aromatic amines is 1. The molecule has 3 aromatic carbocycles. The molecule has 0 saturated heterocycles. The second kappa shape index (κ2) is 15.2. The molecule has 47 heavy (non-hydrogen) atoms. The summed E-state index contributed by atoms with van der Waals surface area (Å²) in [5, 5.41) is 7.76. The third kappa shape index (κ3) is 8.75. The molecule has 1 unspecified atom stereocenters. The molecule has 0 bridgehead atoms. The number of hydrogen-bond acceptors (Lipinski definition) is 6. The molecular formula is C35H34ClFN6O3S. The number of nitrogens with one attached hydrogen (secondary N) is 1. The first kappa shape index (κ1) is 33.6. The topological polar surface area (TPSA) is 104 Å². The molecule has 1 N–H and O–H groups in total. The molecule has 0 spiro atoms. The van der Waals surface area contributed by atoms with Gasteiger partial charge < -0.3 is 14.4 Å². The van der Waals surface area contributed by atoms with Crippen molar-refractivity contribution < 1.29 is 14.0 Å². The summed E-state index contributed by atoms with van der Waals surface area (Å²) in [6, 6.07) is 21.4. The fraction of sp³-hybridized carbons (Fsp3) is 0.229. The summed E-state index contributed by atoms with van der Waals surface area (Å²) in [6.07, 6.45) is 5.01. The van der Waals surface area contributed by atoms with Gasteiger partial charge in [-0.2, -0.15) is 10.1 Å². The van der Waals surface area contributed by atoms with E-state index in [9.17, 15) is 18.8 Å². The molecule has 0 saturated carbocycles. The third-order valence-electron chi connectivity index (χ3n) is 7.74. The predicted molar refractivity (Wildman–Crippen MR) is 182 cm³/mol. The van der Waals surface area contributed by atoms with E-state index in [4.69, 9.17) is 11.6 Å². The number of carbonyl (C=O) groups excluding carboxylic acids is 2. The van der Waals surface area contributed by atoms with Crippen LogP contribution in [0.1, 0.15) is 35.1 Å². The predicted octanol–water partition coefficient (Wildman–Crippen LogP) is 5.99. The van der Waals surface area contributed by atoms with Crippen LogP contribution in [0.15, 0.2) is 101 Å². The zero-order valence-electron chi connectivity index (χ0n) is 26.2. The van der Waals surface area contributed by atoms with Crippen LogP contribution in [0.3, 0.4) is 0 Å². The second-order valence-corrected chi connectivity index (χ2v) is 12.7. The first-order chi connectivity index (χ1) is 22.6. The summed E-state index contributed by atoms with van der Waals surface area (Å²) in [6.45, 7) is 1.78. The molecule has 0 fully saturated rings. The Morgan fingerprint density at radius 2 is 1.60 bits per heavy atom. The van der Waals surface area contributed by atoms with Gasteiger partial charge in [-0.1, -0.05) is 78.8 Å². The van der Waals surface area contributed by atoms with Crippen LogP contribution >= 0.6 is 23.4 Å². The van der Waals surface area contributed by atoms with Gasteiger partial charge in [-0.05, 0) is 52.1 Å². The summed E-state index contributed by atoms with van der Waals surface area (Å²) in [5.41, 5.74) is 4.47. The number of benzene rings is 3. The Morgan fingerprint density at radius 1 is 0.957 bits per heavy atom. The van der Waals surface area contributed by atoms with E-state index in [0.717, 1.165) is 27.8 Å². The van der Waals surface area contributed by atoms with Crippen LogP contribution in [0, 0.1) is 5.82 Å². The highest BCUT2D eigenvalue weighted by molar-refractivity contribution is 7.98. The molecule has 1 atom stereocenters. The Kier molecular flexibility index (Phi) is 10.9. The van der Waals surface area contributed by atoms with Crippen molar-refractivity contribution in [2.24, 2.45) is 0 Å². The van der Waals surface area contributed by atoms with Crippen LogP contribution in [-0.4, -0.2) is 62.0 Å². The van der Waals surface area contributed by atoms with Gasteiger partial charge in [0.1, 0.15) is 18.9 Å². The molecule has 12 heteroatoms. The number of halogens is 2. The number of aromatic nitrogens is 4. The van der Waals surface area contributed by atoms with Crippen molar-refractivity contribution in [3.8, 4) is 11.1 Å². The Balaban J connectivity index is 1.43. The van der Waals surface area contributed by atoms with Gasteiger partial charge in [0.25, 0.3) is 5.56 Å². The molecule has 0 aliphatic rings. The van der Waals surface area contributed by atoms with Gasteiger partial charge in [0, 0.05) is 55.3 Å². The molecular weight excluding hydrogens is 639 g/mol. The molecule has 2 amide bonds. The highest BCUT2D eigenvalue weighted by Gasteiger charge is 2.23. The van der Waals surface area contributed by atoms with Crippen LogP contribution in [0.2, 0.25) is 5.02 Å². The summed E-state index contributed by atoms with van der Waals surface area (Å²) < 4.78 is 15.1. The van der Waals surface area contributed by atoms with Crippen molar-refractivity contribution in [3.63, 3.8) is 0 Å². The molecule has 0 aliphatic heterocycles. The molecule has 0 radical (unpaired) electrons. The summed E-state index contributed by atoms with van der Waals surface area (Å²) >= 11 is 7.31. The van der Waals surface area contributed by atoms with E-state index >= 15 is 0 Å². The van der Waals surface area contributed by atoms with Gasteiger partial charge in [0.05, 0.1) is 6.20 Å². The monoisotopic (exact) mass is 672 g/mol. The Labute approximate surface area is 281 Å². The van der Waals surface area contributed by atoms with Gasteiger partial charge >= 0.3 is 0 Å². The minimum Gasteiger partial charge on any atom is -0.347 e. The summed E-state index contributed by atoms with van der Waals surface area (Å²) in [4.78, 5) is 47.4. The van der Waals surface area contributed by atoms with Crippen LogP contribution in [0.25, 0.3) is 11.1 Å². The average Bonchev–Trinajstić information content (AvgIpc) is 3.61. The van der Waals surface area contributed by atoms with Gasteiger partial charge in [0.2, 0.25) is 11.8 Å². The van der Waals surface area contributed by atoms with Crippen LogP contribution in [-0.2, 0) is 28.4 Å². The SMILES string of the molecule is CC(c1cn[nH]c1)c1cn(CC(=O)N(CC(=O)N(C)C)Cc2ccc(-c3ccc(Cl)cc3)cc2)c(SCc2ccc(F)cc2)nc1=O. The maximum Gasteiger partial charge on any atom is 0.277 e. The highest BCUT2D eigenvalue weighted by Crippen LogP contribution is 2.26. The average molecular weight is 673 g/mol. The molecule has 0 aliphatic carbocycles. The smallest absolute Gasteiger partial charge is 0.277 e. The molecule has 2 aromatic heterocycles. The van der Waals surface area contributed by atoms with Crippen molar-refractivity contribution >= 4 is 35.2 Å². The number of likely N-dealkylation sites (N-methyl/N-ethyl adjacent to an activating group) is 1. The van der Waals surface area contributed by atoms with Crippen molar-refractivity contribution in [2.45, 2.75) is 36.8 Å². The summed E-state index contributed by atoms with van der Waals surface area (Å²) in [5.74, 6) is -0.826. The number of rotatable bonds is 12. The fourth-order valence-electron chi connectivity index (χ4n) is 4.87. The lowest BCUT2D eigenvalue weighted by Gasteiger charge is -2.25. The van der Waals surface area contributed by atoms with E-state index < -0.39 is 5.56 Å². The quantitative estimate of drug-likeness (QED) is 0.129. The van der Waals surface area contributed by atoms with Crippen LogP contribution < -0.4 is 5.56 Å². The van der Waals surface area contributed by atoms with Crippen molar-refractivity contribution in [2.75, 3.05) is 20.6 Å². The van der Waals surface area contributed by atoms with Gasteiger partial charge in [-0.3, -0.25) is 19.5 Å². The lowest BCUT2D eigenvalue weighted by molar-refractivity contribution is -0.140. The second-order valence-electron chi connectivity index (χ2n) is 11.3. The highest BCUT2D eigenvalue weighted by atomic mass is 35.5. The maximum atomic E-state index is 14.0. The standard InChI is InChI=1S/C35H34ClFN6O3S/c1-23(28-16-38-39-17-28)31-19-43(35(40-34(31)46)47-22-25-6-14-30(37)15-7-25)21-33(45)42(20-32(44)41(2)3)18-24-4-8-26(9-5-24)27-10-12-29(36)13-11-27/h4-17,19,23H,18,20-22H2,1-3H3,(H,38,39). The van der Waals surface area contributed by atoms with E-state index in [1.165, 1.54) is 33.7 Å². The van der Waals surface area contributed by atoms with Gasteiger partial charge in [0.15, 0.2) is 5.16 Å². The van der Waals surface area contributed by atoms with E-state index in [0.29, 0.717) is 21.5 Å².